The summed E-state index contributed by atoms with van der Waals surface area (Å²) in [5.41, 5.74) is 6.52. The topological polar surface area (TPSA) is 189 Å². The van der Waals surface area contributed by atoms with E-state index in [1.54, 1.807) is 44.2 Å². The number of aliphatic hydroxyl groups is 1. The highest BCUT2D eigenvalue weighted by Crippen LogP contribution is 2.24. The molecule has 0 aliphatic rings. The average Bonchev–Trinajstić information content (AvgIpc) is 3.01. The second-order valence-electron chi connectivity index (χ2n) is 11.4. The van der Waals surface area contributed by atoms with Crippen molar-refractivity contribution in [3.05, 3.63) is 71.8 Å². The van der Waals surface area contributed by atoms with E-state index < -0.39 is 84.7 Å². The maximum Gasteiger partial charge on any atom is 0.416 e. The molecule has 0 bridgehead atoms. The Morgan fingerprint density at radius 2 is 1.38 bits per heavy atom. The summed E-state index contributed by atoms with van der Waals surface area (Å²) in [4.78, 5) is 63.3. The third kappa shape index (κ3) is 13.8. The molecule has 2 aromatic rings. The van der Waals surface area contributed by atoms with Crippen molar-refractivity contribution < 1.29 is 47.0 Å². The van der Waals surface area contributed by atoms with Gasteiger partial charge < -0.3 is 36.8 Å². The van der Waals surface area contributed by atoms with Gasteiger partial charge in [0, 0.05) is 12.8 Å². The second kappa shape index (κ2) is 18.6. The van der Waals surface area contributed by atoms with Crippen molar-refractivity contribution in [1.82, 2.24) is 21.3 Å². The third-order valence-electron chi connectivity index (χ3n) is 7.02. The van der Waals surface area contributed by atoms with Crippen LogP contribution in [0.15, 0.2) is 60.7 Å². The molecule has 0 saturated heterocycles. The Kier molecular flexibility index (Phi) is 15.3. The number of carbonyl (C=O) groups is 5. The lowest BCUT2D eigenvalue weighted by Crippen LogP contribution is -2.59. The molecule has 0 fully saturated rings. The summed E-state index contributed by atoms with van der Waals surface area (Å²) in [6, 6.07) is 12.1. The van der Waals surface area contributed by atoms with Gasteiger partial charge in [0.1, 0.15) is 24.7 Å². The highest BCUT2D eigenvalue weighted by molar-refractivity contribution is 5.94. The molecule has 0 radical (unpaired) electrons. The normalized spacial score (nSPS) is 14.6. The lowest BCUT2D eigenvalue weighted by atomic mass is 10.0. The van der Waals surface area contributed by atoms with Gasteiger partial charge in [0.05, 0.1) is 12.6 Å². The molecular formula is C32H42F3N5O7. The van der Waals surface area contributed by atoms with Crippen LogP contribution in [0.2, 0.25) is 0 Å². The van der Waals surface area contributed by atoms with Crippen molar-refractivity contribution >= 4 is 29.5 Å². The zero-order valence-corrected chi connectivity index (χ0v) is 26.4. The van der Waals surface area contributed by atoms with Crippen LogP contribution in [0, 0.1) is 5.92 Å². The molecule has 15 heteroatoms. The Bertz CT molecular complexity index is 1330. The molecule has 5 amide bonds. The fraction of sp³-hybridized carbons (Fsp3) is 0.469. The van der Waals surface area contributed by atoms with Crippen molar-refractivity contribution in [2.75, 3.05) is 6.61 Å². The van der Waals surface area contributed by atoms with Gasteiger partial charge in [-0.1, -0.05) is 74.5 Å². The summed E-state index contributed by atoms with van der Waals surface area (Å²) >= 11 is 0. The number of nitrogens with one attached hydrogen (secondary N) is 4. The molecule has 0 spiro atoms. The van der Waals surface area contributed by atoms with Crippen LogP contribution in [0.3, 0.4) is 0 Å². The van der Waals surface area contributed by atoms with E-state index in [0.29, 0.717) is 5.56 Å². The minimum Gasteiger partial charge on any atom is -0.382 e. The number of benzene rings is 2. The van der Waals surface area contributed by atoms with Gasteiger partial charge in [-0.2, -0.15) is 13.2 Å². The third-order valence-corrected chi connectivity index (χ3v) is 7.02. The van der Waals surface area contributed by atoms with Gasteiger partial charge in [-0.3, -0.25) is 24.0 Å². The molecule has 5 unspecified atom stereocenters. The quantitative estimate of drug-likeness (QED) is 0.138. The minimum atomic E-state index is -5.11. The van der Waals surface area contributed by atoms with Gasteiger partial charge in [0.25, 0.3) is 0 Å². The molecule has 7 N–H and O–H groups in total. The molecule has 5 atom stereocenters. The molecule has 258 valence electrons. The molecular weight excluding hydrogens is 623 g/mol. The zero-order chi connectivity index (χ0) is 35.1. The van der Waals surface area contributed by atoms with E-state index in [1.165, 1.54) is 6.92 Å². The monoisotopic (exact) mass is 665 g/mol. The zero-order valence-electron chi connectivity index (χ0n) is 26.4. The highest BCUT2D eigenvalue weighted by atomic mass is 19.4. The first-order valence-corrected chi connectivity index (χ1v) is 15.0. The number of nitrogens with two attached hydrogens (primary N) is 1. The number of amides is 5. The number of rotatable bonds is 18. The van der Waals surface area contributed by atoms with Crippen LogP contribution in [0.1, 0.15) is 44.7 Å². The van der Waals surface area contributed by atoms with E-state index in [4.69, 9.17) is 10.5 Å². The van der Waals surface area contributed by atoms with Crippen molar-refractivity contribution in [3.8, 4) is 0 Å². The number of hydrogen-bond donors (Lipinski definition) is 6. The van der Waals surface area contributed by atoms with Crippen LogP contribution in [-0.2, 0) is 41.7 Å². The second-order valence-corrected chi connectivity index (χ2v) is 11.4. The molecule has 12 nitrogen and oxygen atoms in total. The van der Waals surface area contributed by atoms with Gasteiger partial charge in [-0.15, -0.1) is 0 Å². The fourth-order valence-corrected chi connectivity index (χ4v) is 4.43. The number of halogens is 3. The van der Waals surface area contributed by atoms with Crippen LogP contribution >= 0.6 is 0 Å². The van der Waals surface area contributed by atoms with Gasteiger partial charge in [0.15, 0.2) is 6.10 Å². The van der Waals surface area contributed by atoms with E-state index in [0.717, 1.165) is 5.56 Å². The van der Waals surface area contributed by atoms with E-state index in [2.05, 4.69) is 16.0 Å². The predicted molar refractivity (Wildman–Crippen MR) is 165 cm³/mol. The smallest absolute Gasteiger partial charge is 0.382 e. The van der Waals surface area contributed by atoms with Gasteiger partial charge in [-0.05, 0) is 30.4 Å². The fourth-order valence-electron chi connectivity index (χ4n) is 4.43. The number of aliphatic hydroxyl groups excluding tert-OH is 1. The standard InChI is InChI=1S/C32H42F3N5O7/c1-19(2)27(40-26(42)18-47-17-22-12-8-5-9-13-22)31(46)39-24(16-21-10-6-4-7-11-21)30(45)37-20(3)29(44)38-23(14-15-25(36)41)28(43)32(33,34)35/h4-13,19-20,23-24,27-28,43H,14-18H2,1-3H3,(H2,36,41)(H,37,45)(H,38,44)(H,39,46)(H,40,42). The van der Waals surface area contributed by atoms with Gasteiger partial charge in [0.2, 0.25) is 29.5 Å². The van der Waals surface area contributed by atoms with E-state index in [-0.39, 0.29) is 19.6 Å². The number of carbonyl (C=O) groups excluding carboxylic acids is 5. The average molecular weight is 666 g/mol. The van der Waals surface area contributed by atoms with E-state index >= 15 is 0 Å². The molecule has 47 heavy (non-hydrogen) atoms. The molecule has 2 aromatic carbocycles. The van der Waals surface area contributed by atoms with Crippen LogP contribution in [0.25, 0.3) is 0 Å². The van der Waals surface area contributed by atoms with Crippen molar-refractivity contribution in [3.63, 3.8) is 0 Å². The number of alkyl halides is 3. The van der Waals surface area contributed by atoms with E-state index in [1.807, 2.05) is 35.6 Å². The number of ether oxygens (including phenoxy) is 1. The Hall–Kier alpha value is -4.50. The van der Waals surface area contributed by atoms with Crippen LogP contribution < -0.4 is 27.0 Å². The van der Waals surface area contributed by atoms with Gasteiger partial charge in [-0.25, -0.2) is 0 Å². The largest absolute Gasteiger partial charge is 0.416 e. The van der Waals surface area contributed by atoms with Crippen LogP contribution in [0.5, 0.6) is 0 Å². The maximum atomic E-state index is 13.4. The maximum absolute atomic E-state index is 13.4. The first-order valence-electron chi connectivity index (χ1n) is 15.0. The Morgan fingerprint density at radius 1 is 0.809 bits per heavy atom. The first-order chi connectivity index (χ1) is 22.1. The van der Waals surface area contributed by atoms with Crippen LogP contribution in [0.4, 0.5) is 13.2 Å². The summed E-state index contributed by atoms with van der Waals surface area (Å²) in [5.74, 6) is -4.51. The first kappa shape index (κ1) is 38.7. The summed E-state index contributed by atoms with van der Waals surface area (Å²) in [6.07, 6.45) is -9.28. The Morgan fingerprint density at radius 3 is 1.91 bits per heavy atom. The SMILES string of the molecule is CC(NC(=O)C(Cc1ccccc1)NC(=O)C(NC(=O)COCc1ccccc1)C(C)C)C(=O)NC(CCC(N)=O)C(O)C(F)(F)F. The minimum absolute atomic E-state index is 0.0281. The molecule has 0 heterocycles. The number of primary amides is 1. The van der Waals surface area contributed by atoms with Gasteiger partial charge >= 0.3 is 6.18 Å². The molecule has 0 aromatic heterocycles. The van der Waals surface area contributed by atoms with Crippen molar-refractivity contribution in [2.24, 2.45) is 11.7 Å². The lowest BCUT2D eigenvalue weighted by Gasteiger charge is -2.28. The van der Waals surface area contributed by atoms with Crippen molar-refractivity contribution in [2.45, 2.75) is 83.1 Å². The summed E-state index contributed by atoms with van der Waals surface area (Å²) in [7, 11) is 0. The summed E-state index contributed by atoms with van der Waals surface area (Å²) < 4.78 is 45.0. The van der Waals surface area contributed by atoms with Crippen molar-refractivity contribution in [1.29, 1.82) is 0 Å². The summed E-state index contributed by atoms with van der Waals surface area (Å²) in [5, 5.41) is 19.3. The van der Waals surface area contributed by atoms with E-state index in [9.17, 15) is 42.3 Å². The molecule has 0 aliphatic carbocycles. The molecule has 2 rings (SSSR count). The lowest BCUT2D eigenvalue weighted by molar-refractivity contribution is -0.212. The molecule has 0 aliphatic heterocycles. The number of hydrogen-bond acceptors (Lipinski definition) is 7. The Balaban J connectivity index is 2.12. The molecule has 0 saturated carbocycles. The van der Waals surface area contributed by atoms with Crippen LogP contribution in [-0.4, -0.2) is 77.7 Å². The Labute approximate surface area is 271 Å². The highest BCUT2D eigenvalue weighted by Gasteiger charge is 2.44. The summed E-state index contributed by atoms with van der Waals surface area (Å²) in [6.45, 7) is 4.44. The predicted octanol–water partition coefficient (Wildman–Crippen LogP) is 1.25.